The zero-order valence-electron chi connectivity index (χ0n) is 9.05. The second-order valence-corrected chi connectivity index (χ2v) is 2.91. The molecule has 0 radical (unpaired) electrons. The fourth-order valence-corrected chi connectivity index (χ4v) is 0.976. The van der Waals surface area contributed by atoms with Crippen LogP contribution < -0.4 is 4.74 Å². The quantitative estimate of drug-likeness (QED) is 0.116. The van der Waals surface area contributed by atoms with E-state index in [0.29, 0.717) is 0 Å². The zero-order valence-corrected chi connectivity index (χ0v) is 9.05. The summed E-state index contributed by atoms with van der Waals surface area (Å²) in [7, 11) is 0. The van der Waals surface area contributed by atoms with Gasteiger partial charge in [-0.15, -0.1) is 0 Å². The lowest BCUT2D eigenvalue weighted by molar-refractivity contribution is -0.384. The third kappa shape index (κ3) is 4.37. The predicted molar refractivity (Wildman–Crippen MR) is 59.1 cm³/mol. The van der Waals surface area contributed by atoms with Crippen molar-refractivity contribution in [3.8, 4) is 5.75 Å². The first-order valence-electron chi connectivity index (χ1n) is 4.73. The number of nitro groups is 1. The number of carbonyl (C=O) groups is 1. The third-order valence-electron chi connectivity index (χ3n) is 1.72. The highest BCUT2D eigenvalue weighted by Crippen LogP contribution is 2.17. The van der Waals surface area contributed by atoms with Gasteiger partial charge in [0.05, 0.1) is 11.5 Å². The molecule has 0 N–H and O–H groups in total. The van der Waals surface area contributed by atoms with Crippen LogP contribution in [0, 0.1) is 10.1 Å². The molecule has 1 aromatic carbocycles. The molecule has 9 nitrogen and oxygen atoms in total. The molecule has 94 valence electrons. The summed E-state index contributed by atoms with van der Waals surface area (Å²) in [5, 5.41) is 13.5. The standard InChI is InChI=1S/C9H8N4O5/c10-12-11-5-6-17-9(14)18-8-3-1-7(2-4-8)13(15)16/h1-4H,5-6H2. The lowest BCUT2D eigenvalue weighted by Gasteiger charge is -2.03. The minimum atomic E-state index is -0.975. The van der Waals surface area contributed by atoms with Crippen molar-refractivity contribution in [3.63, 3.8) is 0 Å². The summed E-state index contributed by atoms with van der Waals surface area (Å²) in [5.74, 6) is 0.120. The van der Waals surface area contributed by atoms with Gasteiger partial charge in [0.1, 0.15) is 12.4 Å². The van der Waals surface area contributed by atoms with Gasteiger partial charge in [-0.25, -0.2) is 4.79 Å². The van der Waals surface area contributed by atoms with Gasteiger partial charge in [-0.3, -0.25) is 10.1 Å². The van der Waals surface area contributed by atoms with Crippen molar-refractivity contribution in [2.45, 2.75) is 0 Å². The second-order valence-electron chi connectivity index (χ2n) is 2.91. The van der Waals surface area contributed by atoms with Crippen molar-refractivity contribution in [1.82, 2.24) is 0 Å². The second kappa shape index (κ2) is 6.71. The van der Waals surface area contributed by atoms with Crippen LogP contribution >= 0.6 is 0 Å². The molecule has 18 heavy (non-hydrogen) atoms. The van der Waals surface area contributed by atoms with Crippen molar-refractivity contribution in [2.75, 3.05) is 13.2 Å². The van der Waals surface area contributed by atoms with Crippen LogP contribution in [0.4, 0.5) is 10.5 Å². The van der Waals surface area contributed by atoms with Crippen molar-refractivity contribution in [1.29, 1.82) is 0 Å². The molecule has 0 saturated heterocycles. The van der Waals surface area contributed by atoms with E-state index in [1.54, 1.807) is 0 Å². The molecule has 0 spiro atoms. The van der Waals surface area contributed by atoms with Crippen molar-refractivity contribution in [3.05, 3.63) is 44.8 Å². The Balaban J connectivity index is 2.44. The summed E-state index contributed by atoms with van der Waals surface area (Å²) in [6.45, 7) is -0.0955. The molecule has 0 aromatic heterocycles. The number of hydrogen-bond donors (Lipinski definition) is 0. The van der Waals surface area contributed by atoms with Gasteiger partial charge >= 0.3 is 6.16 Å². The Hall–Kier alpha value is -2.80. The largest absolute Gasteiger partial charge is 0.513 e. The van der Waals surface area contributed by atoms with E-state index in [0.717, 1.165) is 0 Å². The molecule has 0 aliphatic carbocycles. The Labute approximate surface area is 101 Å². The lowest BCUT2D eigenvalue weighted by atomic mass is 10.3. The summed E-state index contributed by atoms with van der Waals surface area (Å²) in [6, 6.07) is 4.94. The predicted octanol–water partition coefficient (Wildman–Crippen LogP) is 2.42. The topological polar surface area (TPSA) is 127 Å². The maximum Gasteiger partial charge on any atom is 0.513 e. The number of carbonyl (C=O) groups excluding carboxylic acids is 1. The van der Waals surface area contributed by atoms with Crippen LogP contribution in [0.25, 0.3) is 10.4 Å². The molecule has 0 amide bonds. The highest BCUT2D eigenvalue weighted by molar-refractivity contribution is 5.63. The normalized spacial score (nSPS) is 9.11. The van der Waals surface area contributed by atoms with Crippen LogP contribution in [0.15, 0.2) is 29.4 Å². The van der Waals surface area contributed by atoms with E-state index in [1.807, 2.05) is 0 Å². The maximum atomic E-state index is 11.1. The Morgan fingerprint density at radius 3 is 2.67 bits per heavy atom. The van der Waals surface area contributed by atoms with Crippen molar-refractivity contribution >= 4 is 11.8 Å². The summed E-state index contributed by atoms with van der Waals surface area (Å²) in [6.07, 6.45) is -0.975. The van der Waals surface area contributed by atoms with Gasteiger partial charge < -0.3 is 9.47 Å². The minimum absolute atomic E-state index is 0.00581. The van der Waals surface area contributed by atoms with E-state index in [-0.39, 0.29) is 24.6 Å². The molecule has 0 aliphatic rings. The Morgan fingerprint density at radius 1 is 1.44 bits per heavy atom. The molecule has 0 fully saturated rings. The van der Waals surface area contributed by atoms with Crippen LogP contribution in [0.1, 0.15) is 0 Å². The van der Waals surface area contributed by atoms with E-state index < -0.39 is 11.1 Å². The fourth-order valence-electron chi connectivity index (χ4n) is 0.976. The van der Waals surface area contributed by atoms with Gasteiger partial charge in [0.2, 0.25) is 0 Å². The maximum absolute atomic E-state index is 11.1. The molecule has 9 heteroatoms. The van der Waals surface area contributed by atoms with Crippen molar-refractivity contribution < 1.29 is 19.2 Å². The lowest BCUT2D eigenvalue weighted by Crippen LogP contribution is -2.12. The van der Waals surface area contributed by atoms with Crippen molar-refractivity contribution in [2.24, 2.45) is 5.11 Å². The fraction of sp³-hybridized carbons (Fsp3) is 0.222. The number of nitro benzene ring substituents is 1. The first kappa shape index (κ1) is 13.3. The average Bonchev–Trinajstić information content (AvgIpc) is 2.35. The van der Waals surface area contributed by atoms with Gasteiger partial charge in [0, 0.05) is 17.0 Å². The number of azide groups is 1. The molecule has 0 atom stereocenters. The van der Waals surface area contributed by atoms with Gasteiger partial charge in [-0.2, -0.15) is 0 Å². The van der Waals surface area contributed by atoms with Gasteiger partial charge in [0.15, 0.2) is 0 Å². The van der Waals surface area contributed by atoms with Gasteiger partial charge in [-0.1, -0.05) is 5.11 Å². The number of nitrogens with zero attached hydrogens (tertiary/aromatic N) is 4. The van der Waals surface area contributed by atoms with Gasteiger partial charge in [0.25, 0.3) is 5.69 Å². The number of hydrogen-bond acceptors (Lipinski definition) is 6. The summed E-state index contributed by atoms with van der Waals surface area (Å²) >= 11 is 0. The van der Waals surface area contributed by atoms with Crippen LogP contribution in [0.5, 0.6) is 5.75 Å². The van der Waals surface area contributed by atoms with E-state index in [2.05, 4.69) is 14.8 Å². The number of non-ortho nitro benzene ring substituents is 1. The summed E-state index contributed by atoms with van der Waals surface area (Å²) < 4.78 is 9.28. The first-order chi connectivity index (χ1) is 8.63. The molecular formula is C9H8N4O5. The minimum Gasteiger partial charge on any atom is -0.434 e. The van der Waals surface area contributed by atoms with Crippen LogP contribution in [-0.2, 0) is 4.74 Å². The SMILES string of the molecule is [N-]=[N+]=NCCOC(=O)Oc1ccc([N+](=O)[O-])cc1. The molecule has 0 unspecified atom stereocenters. The molecule has 0 aliphatic heterocycles. The highest BCUT2D eigenvalue weighted by atomic mass is 16.7. The monoisotopic (exact) mass is 252 g/mol. The summed E-state index contributed by atoms with van der Waals surface area (Å²) in [5.41, 5.74) is 7.86. The molecule has 0 bridgehead atoms. The van der Waals surface area contributed by atoms with Crippen LogP contribution in [0.3, 0.4) is 0 Å². The Morgan fingerprint density at radius 2 is 2.11 bits per heavy atom. The van der Waals surface area contributed by atoms with Crippen LogP contribution in [0.2, 0.25) is 0 Å². The molecular weight excluding hydrogens is 244 g/mol. The summed E-state index contributed by atoms with van der Waals surface area (Å²) in [4.78, 5) is 23.4. The first-order valence-corrected chi connectivity index (χ1v) is 4.73. The molecule has 1 aromatic rings. The smallest absolute Gasteiger partial charge is 0.434 e. The Bertz CT molecular complexity index is 480. The highest BCUT2D eigenvalue weighted by Gasteiger charge is 2.08. The van der Waals surface area contributed by atoms with Gasteiger partial charge in [-0.05, 0) is 17.7 Å². The average molecular weight is 252 g/mol. The Kier molecular flexibility index (Phi) is 4.95. The van der Waals surface area contributed by atoms with E-state index in [1.165, 1.54) is 24.3 Å². The number of ether oxygens (including phenoxy) is 2. The van der Waals surface area contributed by atoms with E-state index in [4.69, 9.17) is 10.3 Å². The van der Waals surface area contributed by atoms with E-state index >= 15 is 0 Å². The molecule has 0 heterocycles. The third-order valence-corrected chi connectivity index (χ3v) is 1.72. The van der Waals surface area contributed by atoms with E-state index in [9.17, 15) is 14.9 Å². The molecule has 1 rings (SSSR count). The molecule has 0 saturated carbocycles. The number of benzene rings is 1. The van der Waals surface area contributed by atoms with Crippen LogP contribution in [-0.4, -0.2) is 24.2 Å². The number of rotatable bonds is 5. The zero-order chi connectivity index (χ0) is 13.4.